The largest absolute Gasteiger partial charge is 0.493 e. The number of nitro groups is 1. The molecule has 0 unspecified atom stereocenters. The lowest BCUT2D eigenvalue weighted by molar-refractivity contribution is -0.384. The zero-order valence-electron chi connectivity index (χ0n) is 17.7. The Hall–Kier alpha value is -4.25. The van der Waals surface area contributed by atoms with Gasteiger partial charge >= 0.3 is 5.69 Å². The SMILES string of the molecule is COc1cc(C=Nn2c(=O)[nH]c3ccccc3c2=O)cc(Br)c1OCc1cccc([N+](=O)[O-])c1. The summed E-state index contributed by atoms with van der Waals surface area (Å²) < 4.78 is 12.5. The molecular formula is C23H17BrN4O6. The number of nitrogens with zero attached hydrogens (tertiary/aromatic N) is 3. The highest BCUT2D eigenvalue weighted by Gasteiger charge is 2.13. The van der Waals surface area contributed by atoms with Crippen LogP contribution in [0.3, 0.4) is 0 Å². The lowest BCUT2D eigenvalue weighted by atomic mass is 10.2. The van der Waals surface area contributed by atoms with E-state index in [2.05, 4.69) is 26.0 Å². The van der Waals surface area contributed by atoms with E-state index in [1.54, 1.807) is 48.5 Å². The van der Waals surface area contributed by atoms with Gasteiger partial charge in [-0.05, 0) is 51.3 Å². The molecule has 10 nitrogen and oxygen atoms in total. The highest BCUT2D eigenvalue weighted by Crippen LogP contribution is 2.37. The molecule has 0 radical (unpaired) electrons. The maximum absolute atomic E-state index is 12.6. The average Bonchev–Trinajstić information content (AvgIpc) is 2.83. The maximum atomic E-state index is 12.6. The molecule has 1 N–H and O–H groups in total. The van der Waals surface area contributed by atoms with Gasteiger partial charge in [0.15, 0.2) is 11.5 Å². The third-order valence-electron chi connectivity index (χ3n) is 4.86. The number of nitrogens with one attached hydrogen (secondary N) is 1. The molecule has 0 bridgehead atoms. The van der Waals surface area contributed by atoms with Crippen molar-refractivity contribution in [3.63, 3.8) is 0 Å². The van der Waals surface area contributed by atoms with E-state index in [1.807, 2.05) is 0 Å². The molecule has 4 rings (SSSR count). The van der Waals surface area contributed by atoms with Crippen molar-refractivity contribution in [3.05, 3.63) is 107 Å². The molecule has 0 saturated heterocycles. The van der Waals surface area contributed by atoms with Crippen molar-refractivity contribution < 1.29 is 14.4 Å². The number of rotatable bonds is 7. The number of nitro benzene ring substituents is 1. The molecular weight excluding hydrogens is 508 g/mol. The number of non-ortho nitro benzene ring substituents is 1. The van der Waals surface area contributed by atoms with Crippen LogP contribution in [0.2, 0.25) is 0 Å². The van der Waals surface area contributed by atoms with Crippen molar-refractivity contribution in [2.45, 2.75) is 6.61 Å². The topological polar surface area (TPSA) is 129 Å². The minimum absolute atomic E-state index is 0.0300. The first-order valence-corrected chi connectivity index (χ1v) is 10.7. The van der Waals surface area contributed by atoms with Crippen LogP contribution in [-0.4, -0.2) is 27.9 Å². The van der Waals surface area contributed by atoms with E-state index in [9.17, 15) is 19.7 Å². The Morgan fingerprint density at radius 1 is 1.15 bits per heavy atom. The molecule has 0 aliphatic rings. The fraction of sp³-hybridized carbons (Fsp3) is 0.0870. The van der Waals surface area contributed by atoms with Gasteiger partial charge in [-0.15, -0.1) is 4.68 Å². The van der Waals surface area contributed by atoms with Crippen molar-refractivity contribution in [1.82, 2.24) is 9.66 Å². The van der Waals surface area contributed by atoms with Crippen LogP contribution in [0.4, 0.5) is 5.69 Å². The van der Waals surface area contributed by atoms with E-state index in [0.717, 1.165) is 4.68 Å². The summed E-state index contributed by atoms with van der Waals surface area (Å²) in [6.07, 6.45) is 1.35. The number of para-hydroxylation sites is 1. The fourth-order valence-corrected chi connectivity index (χ4v) is 3.83. The monoisotopic (exact) mass is 524 g/mol. The third kappa shape index (κ3) is 4.74. The van der Waals surface area contributed by atoms with Gasteiger partial charge in [0.05, 0.1) is 33.6 Å². The number of benzene rings is 3. The standard InChI is InChI=1S/C23H17BrN4O6/c1-33-20-11-15(12-25-27-22(29)17-7-2-3-8-19(17)26-23(27)30)10-18(24)21(20)34-13-14-5-4-6-16(9-14)28(31)32/h2-12H,13H2,1H3,(H,26,30). The van der Waals surface area contributed by atoms with Crippen molar-refractivity contribution in [2.75, 3.05) is 7.11 Å². The number of halogens is 1. The highest BCUT2D eigenvalue weighted by molar-refractivity contribution is 9.10. The summed E-state index contributed by atoms with van der Waals surface area (Å²) in [5.74, 6) is 0.743. The predicted octanol–water partition coefficient (Wildman–Crippen LogP) is 3.83. The Balaban J connectivity index is 1.61. The zero-order chi connectivity index (χ0) is 24.2. The molecule has 0 amide bonds. The van der Waals surface area contributed by atoms with Gasteiger partial charge in [0.25, 0.3) is 11.2 Å². The van der Waals surface area contributed by atoms with Gasteiger partial charge in [-0.2, -0.15) is 5.10 Å². The van der Waals surface area contributed by atoms with Crippen LogP contribution in [0, 0.1) is 10.1 Å². The first-order chi connectivity index (χ1) is 16.4. The third-order valence-corrected chi connectivity index (χ3v) is 5.45. The van der Waals surface area contributed by atoms with Crippen LogP contribution >= 0.6 is 15.9 Å². The van der Waals surface area contributed by atoms with Gasteiger partial charge < -0.3 is 14.5 Å². The van der Waals surface area contributed by atoms with E-state index in [4.69, 9.17) is 9.47 Å². The summed E-state index contributed by atoms with van der Waals surface area (Å²) in [6, 6.07) is 16.1. The lowest BCUT2D eigenvalue weighted by Crippen LogP contribution is -2.32. The number of hydrogen-bond acceptors (Lipinski definition) is 7. The average molecular weight is 525 g/mol. The summed E-state index contributed by atoms with van der Waals surface area (Å²) in [6.45, 7) is 0.0753. The Labute approximate surface area is 200 Å². The second-order valence-corrected chi connectivity index (χ2v) is 7.94. The number of H-pyrrole nitrogens is 1. The summed E-state index contributed by atoms with van der Waals surface area (Å²) in [5, 5.41) is 15.4. The molecule has 0 aliphatic heterocycles. The van der Waals surface area contributed by atoms with Crippen LogP contribution in [0.1, 0.15) is 11.1 Å². The van der Waals surface area contributed by atoms with E-state index >= 15 is 0 Å². The smallest absolute Gasteiger partial charge is 0.349 e. The number of aromatic nitrogens is 2. The predicted molar refractivity (Wildman–Crippen MR) is 130 cm³/mol. The highest BCUT2D eigenvalue weighted by atomic mass is 79.9. The molecule has 4 aromatic rings. The number of methoxy groups -OCH3 is 1. The Morgan fingerprint density at radius 3 is 2.71 bits per heavy atom. The molecule has 1 heterocycles. The van der Waals surface area contributed by atoms with Gasteiger partial charge in [-0.3, -0.25) is 14.9 Å². The zero-order valence-corrected chi connectivity index (χ0v) is 19.3. The van der Waals surface area contributed by atoms with E-state index in [1.165, 1.54) is 25.5 Å². The fourth-order valence-electron chi connectivity index (χ4n) is 3.25. The second kappa shape index (κ2) is 9.71. The van der Waals surface area contributed by atoms with Gasteiger partial charge in [0.1, 0.15) is 6.61 Å². The van der Waals surface area contributed by atoms with Crippen LogP contribution in [0.15, 0.2) is 79.8 Å². The first-order valence-electron chi connectivity index (χ1n) is 9.89. The molecule has 0 saturated carbocycles. The van der Waals surface area contributed by atoms with Gasteiger partial charge in [-0.25, -0.2) is 4.79 Å². The minimum Gasteiger partial charge on any atom is -0.493 e. The van der Waals surface area contributed by atoms with Crippen molar-refractivity contribution in [2.24, 2.45) is 5.10 Å². The summed E-state index contributed by atoms with van der Waals surface area (Å²) >= 11 is 3.43. The summed E-state index contributed by atoms with van der Waals surface area (Å²) in [7, 11) is 1.46. The van der Waals surface area contributed by atoms with Crippen LogP contribution in [0.25, 0.3) is 10.9 Å². The Morgan fingerprint density at radius 2 is 1.94 bits per heavy atom. The maximum Gasteiger partial charge on any atom is 0.349 e. The van der Waals surface area contributed by atoms with Gasteiger partial charge in [-0.1, -0.05) is 24.3 Å². The quantitative estimate of drug-likeness (QED) is 0.222. The molecule has 172 valence electrons. The normalized spacial score (nSPS) is 11.1. The van der Waals surface area contributed by atoms with Gasteiger partial charge in [0, 0.05) is 12.1 Å². The Kier molecular flexibility index (Phi) is 6.55. The molecule has 1 aromatic heterocycles. The number of ether oxygens (including phenoxy) is 2. The molecule has 0 spiro atoms. The molecule has 3 aromatic carbocycles. The van der Waals surface area contributed by atoms with Crippen LogP contribution < -0.4 is 20.7 Å². The number of hydrogen-bond donors (Lipinski definition) is 1. The second-order valence-electron chi connectivity index (χ2n) is 7.09. The molecule has 0 aliphatic carbocycles. The van der Waals surface area contributed by atoms with Crippen LogP contribution in [-0.2, 0) is 6.61 Å². The van der Waals surface area contributed by atoms with E-state index < -0.39 is 16.2 Å². The molecule has 11 heteroatoms. The molecule has 0 atom stereocenters. The molecule has 34 heavy (non-hydrogen) atoms. The number of fused-ring (bicyclic) bond motifs is 1. The summed E-state index contributed by atoms with van der Waals surface area (Å²) in [4.78, 5) is 38.1. The lowest BCUT2D eigenvalue weighted by Gasteiger charge is -2.13. The minimum atomic E-state index is -0.664. The first kappa shape index (κ1) is 22.9. The number of aromatic amines is 1. The van der Waals surface area contributed by atoms with Crippen molar-refractivity contribution in [3.8, 4) is 11.5 Å². The molecule has 0 fully saturated rings. The van der Waals surface area contributed by atoms with Crippen LogP contribution in [0.5, 0.6) is 11.5 Å². The Bertz CT molecular complexity index is 1540. The van der Waals surface area contributed by atoms with E-state index in [-0.39, 0.29) is 12.3 Å². The van der Waals surface area contributed by atoms with Gasteiger partial charge in [0.2, 0.25) is 0 Å². The van der Waals surface area contributed by atoms with Crippen molar-refractivity contribution in [1.29, 1.82) is 0 Å². The summed E-state index contributed by atoms with van der Waals surface area (Å²) in [5.41, 5.74) is 0.340. The van der Waals surface area contributed by atoms with E-state index in [0.29, 0.717) is 38.0 Å². The van der Waals surface area contributed by atoms with Crippen molar-refractivity contribution >= 4 is 38.7 Å².